The topological polar surface area (TPSA) is 60.7 Å². The molecule has 0 spiro atoms. The highest BCUT2D eigenvalue weighted by molar-refractivity contribution is 4.58. The number of rotatable bonds is 19. The third-order valence-corrected chi connectivity index (χ3v) is 5.44. The lowest BCUT2D eigenvalue weighted by molar-refractivity contribution is -0.936. The molecule has 0 aliphatic rings. The maximum absolute atomic E-state index is 9.93. The van der Waals surface area contributed by atoms with Crippen LogP contribution in [-0.4, -0.2) is 64.3 Å². The molecule has 0 aromatic rings. The minimum atomic E-state index is -0.417. The fraction of sp³-hybridized carbons (Fsp3) is 1.00. The first-order valence-corrected chi connectivity index (χ1v) is 11.7. The molecule has 3 N–H and O–H groups in total. The van der Waals surface area contributed by atoms with Crippen LogP contribution >= 0.6 is 0 Å². The Morgan fingerprint density at radius 3 is 1.11 bits per heavy atom. The summed E-state index contributed by atoms with van der Waals surface area (Å²) in [6, 6.07) is 0. The molecule has 164 valence electrons. The zero-order valence-corrected chi connectivity index (χ0v) is 18.8. The van der Waals surface area contributed by atoms with Crippen LogP contribution in [0.4, 0.5) is 0 Å². The molecular formula is C23H50NO3+. The van der Waals surface area contributed by atoms with Gasteiger partial charge in [-0.3, -0.25) is 0 Å². The minimum Gasteiger partial charge on any atom is -0.388 e. The zero-order valence-electron chi connectivity index (χ0n) is 18.8. The smallest absolute Gasteiger partial charge is 0.105 e. The van der Waals surface area contributed by atoms with E-state index in [4.69, 9.17) is 0 Å². The Bertz CT molecular complexity index is 292. The van der Waals surface area contributed by atoms with E-state index in [1.54, 1.807) is 20.8 Å². The van der Waals surface area contributed by atoms with Gasteiger partial charge in [-0.15, -0.1) is 0 Å². The van der Waals surface area contributed by atoms with E-state index in [1.165, 1.54) is 70.6 Å². The molecule has 3 unspecified atom stereocenters. The maximum Gasteiger partial charge on any atom is 0.105 e. The summed E-state index contributed by atoms with van der Waals surface area (Å²) in [6.07, 6.45) is 14.7. The van der Waals surface area contributed by atoms with Crippen LogP contribution in [0, 0.1) is 0 Å². The molecule has 0 saturated heterocycles. The van der Waals surface area contributed by atoms with E-state index in [0.717, 1.165) is 13.0 Å². The zero-order chi connectivity index (χ0) is 20.5. The first-order valence-electron chi connectivity index (χ1n) is 11.7. The van der Waals surface area contributed by atoms with E-state index in [2.05, 4.69) is 6.92 Å². The van der Waals surface area contributed by atoms with Crippen molar-refractivity contribution < 1.29 is 19.8 Å². The highest BCUT2D eigenvalue weighted by atomic mass is 16.3. The Kier molecular flexibility index (Phi) is 16.7. The number of nitrogens with zero attached hydrogens (tertiary/aromatic N) is 1. The van der Waals surface area contributed by atoms with Gasteiger partial charge in [-0.1, -0.05) is 71.1 Å². The van der Waals surface area contributed by atoms with E-state index in [9.17, 15) is 15.3 Å². The first-order chi connectivity index (χ1) is 12.8. The van der Waals surface area contributed by atoms with Crippen molar-refractivity contribution in [2.24, 2.45) is 0 Å². The van der Waals surface area contributed by atoms with Crippen molar-refractivity contribution in [2.75, 3.05) is 26.2 Å². The largest absolute Gasteiger partial charge is 0.388 e. The molecule has 0 saturated carbocycles. The second kappa shape index (κ2) is 16.8. The van der Waals surface area contributed by atoms with Gasteiger partial charge < -0.3 is 19.8 Å². The molecule has 0 aliphatic heterocycles. The first kappa shape index (κ1) is 26.8. The van der Waals surface area contributed by atoms with Crippen molar-refractivity contribution in [3.05, 3.63) is 0 Å². The summed E-state index contributed by atoms with van der Waals surface area (Å²) in [5, 5.41) is 29.8. The molecule has 0 heterocycles. The average Bonchev–Trinajstić information content (AvgIpc) is 2.53. The number of hydrogen-bond donors (Lipinski definition) is 3. The molecule has 0 fully saturated rings. The summed E-state index contributed by atoms with van der Waals surface area (Å²) in [6.45, 7) is 10.4. The summed E-state index contributed by atoms with van der Waals surface area (Å²) in [5.41, 5.74) is 0. The van der Waals surface area contributed by atoms with E-state index < -0.39 is 18.3 Å². The Balaban J connectivity index is 4.01. The Morgan fingerprint density at radius 1 is 0.519 bits per heavy atom. The molecule has 4 heteroatoms. The van der Waals surface area contributed by atoms with E-state index in [0.29, 0.717) is 24.1 Å². The average molecular weight is 389 g/mol. The van der Waals surface area contributed by atoms with Gasteiger partial charge in [0.2, 0.25) is 0 Å². The van der Waals surface area contributed by atoms with Gasteiger partial charge in [0.05, 0.1) is 6.54 Å². The predicted molar refractivity (Wildman–Crippen MR) is 116 cm³/mol. The summed E-state index contributed by atoms with van der Waals surface area (Å²) in [4.78, 5) is 0. The van der Waals surface area contributed by atoms with Gasteiger partial charge in [0, 0.05) is 0 Å². The normalized spacial score (nSPS) is 17.4. The fourth-order valence-electron chi connectivity index (χ4n) is 4.47. The third kappa shape index (κ3) is 16.5. The van der Waals surface area contributed by atoms with Gasteiger partial charge in [-0.25, -0.2) is 0 Å². The van der Waals surface area contributed by atoms with Crippen LogP contribution in [0.2, 0.25) is 0 Å². The highest BCUT2D eigenvalue weighted by Gasteiger charge is 2.31. The van der Waals surface area contributed by atoms with Crippen LogP contribution in [0.3, 0.4) is 0 Å². The molecule has 4 nitrogen and oxygen atoms in total. The van der Waals surface area contributed by atoms with Crippen molar-refractivity contribution in [1.82, 2.24) is 0 Å². The Labute approximate surface area is 169 Å². The molecule has 0 rings (SSSR count). The van der Waals surface area contributed by atoms with Crippen molar-refractivity contribution in [3.63, 3.8) is 0 Å². The second-order valence-corrected chi connectivity index (χ2v) is 9.05. The number of unbranched alkanes of at least 4 members (excludes halogenated alkanes) is 11. The van der Waals surface area contributed by atoms with Crippen molar-refractivity contribution in [1.29, 1.82) is 0 Å². The van der Waals surface area contributed by atoms with Crippen LogP contribution in [0.15, 0.2) is 0 Å². The molecule has 3 atom stereocenters. The summed E-state index contributed by atoms with van der Waals surface area (Å²) in [7, 11) is 0. The summed E-state index contributed by atoms with van der Waals surface area (Å²) < 4.78 is 0.616. The lowest BCUT2D eigenvalue weighted by atomic mass is 10.0. The molecular weight excluding hydrogens is 338 g/mol. The van der Waals surface area contributed by atoms with Gasteiger partial charge in [-0.05, 0) is 33.6 Å². The number of aliphatic hydroxyl groups excluding tert-OH is 3. The molecule has 0 aromatic carbocycles. The molecule has 0 aromatic heterocycles. The molecule has 27 heavy (non-hydrogen) atoms. The van der Waals surface area contributed by atoms with Crippen LogP contribution in [0.5, 0.6) is 0 Å². The number of quaternary nitrogens is 1. The standard InChI is InChI=1S/C23H50NO3/c1-5-6-7-8-9-10-11-12-13-14-15-16-17-24(18-21(2)25,19-22(3)26)20-23(4)27/h21-23,25-27H,5-20H2,1-4H3/q+1. The molecule has 0 radical (unpaired) electrons. The second-order valence-electron chi connectivity index (χ2n) is 9.05. The quantitative estimate of drug-likeness (QED) is 0.223. The van der Waals surface area contributed by atoms with Gasteiger partial charge in [0.25, 0.3) is 0 Å². The van der Waals surface area contributed by atoms with Crippen LogP contribution < -0.4 is 0 Å². The third-order valence-electron chi connectivity index (χ3n) is 5.44. The molecule has 0 amide bonds. The lowest BCUT2D eigenvalue weighted by Gasteiger charge is -2.41. The van der Waals surface area contributed by atoms with Crippen molar-refractivity contribution >= 4 is 0 Å². The fourth-order valence-corrected chi connectivity index (χ4v) is 4.47. The van der Waals surface area contributed by atoms with E-state index in [1.807, 2.05) is 0 Å². The van der Waals surface area contributed by atoms with Crippen LogP contribution in [-0.2, 0) is 0 Å². The monoisotopic (exact) mass is 388 g/mol. The molecule has 0 aliphatic carbocycles. The molecule has 0 bridgehead atoms. The predicted octanol–water partition coefficient (Wildman–Crippen LogP) is 4.65. The number of aliphatic hydroxyl groups is 3. The van der Waals surface area contributed by atoms with Crippen LogP contribution in [0.1, 0.15) is 105 Å². The van der Waals surface area contributed by atoms with Crippen LogP contribution in [0.25, 0.3) is 0 Å². The van der Waals surface area contributed by atoms with Gasteiger partial charge in [0.15, 0.2) is 0 Å². The van der Waals surface area contributed by atoms with Gasteiger partial charge >= 0.3 is 0 Å². The lowest BCUT2D eigenvalue weighted by Crippen LogP contribution is -2.58. The van der Waals surface area contributed by atoms with Crippen molar-refractivity contribution in [3.8, 4) is 0 Å². The Hall–Kier alpha value is -0.160. The minimum absolute atomic E-state index is 0.417. The summed E-state index contributed by atoms with van der Waals surface area (Å²) >= 11 is 0. The summed E-state index contributed by atoms with van der Waals surface area (Å²) in [5.74, 6) is 0. The Morgan fingerprint density at radius 2 is 0.815 bits per heavy atom. The highest BCUT2D eigenvalue weighted by Crippen LogP contribution is 2.17. The SMILES string of the molecule is CCCCCCCCCCCCCC[N+](CC(C)O)(CC(C)O)CC(C)O. The van der Waals surface area contributed by atoms with E-state index in [-0.39, 0.29) is 0 Å². The maximum atomic E-state index is 9.93. The van der Waals surface area contributed by atoms with Crippen molar-refractivity contribution in [2.45, 2.75) is 123 Å². The van der Waals surface area contributed by atoms with Gasteiger partial charge in [-0.2, -0.15) is 0 Å². The van der Waals surface area contributed by atoms with Gasteiger partial charge in [0.1, 0.15) is 37.9 Å². The van der Waals surface area contributed by atoms with E-state index >= 15 is 0 Å². The number of hydrogen-bond acceptors (Lipinski definition) is 3.